The van der Waals surface area contributed by atoms with Gasteiger partial charge < -0.3 is 15.5 Å². The highest BCUT2D eigenvalue weighted by Gasteiger charge is 2.28. The SMILES string of the molecule is CN(C)C(=O)CN=C(NCc1cccs1)NC1CCS(=O)(=O)C1.I. The third-order valence-electron chi connectivity index (χ3n) is 3.45. The minimum atomic E-state index is -2.96. The van der Waals surface area contributed by atoms with Crippen LogP contribution in [0, 0.1) is 0 Å². The van der Waals surface area contributed by atoms with E-state index in [4.69, 9.17) is 0 Å². The van der Waals surface area contributed by atoms with E-state index in [2.05, 4.69) is 15.6 Å². The Balaban J connectivity index is 0.00000288. The second kappa shape index (κ2) is 9.56. The standard InChI is InChI=1S/C14H22N4O3S2.HI/c1-18(2)13(19)9-16-14(15-8-12-4-3-6-22-12)17-11-5-7-23(20,21)10-11;/h3-4,6,11H,5,7-10H2,1-2H3,(H2,15,16,17);1H. The molecular weight excluding hydrogens is 463 g/mol. The summed E-state index contributed by atoms with van der Waals surface area (Å²) in [6.07, 6.45) is 0.559. The summed E-state index contributed by atoms with van der Waals surface area (Å²) in [5.41, 5.74) is 0. The lowest BCUT2D eigenvalue weighted by atomic mass is 10.3. The van der Waals surface area contributed by atoms with Gasteiger partial charge >= 0.3 is 0 Å². The highest BCUT2D eigenvalue weighted by Crippen LogP contribution is 2.11. The normalized spacial score (nSPS) is 19.4. The average Bonchev–Trinajstić information content (AvgIpc) is 3.10. The maximum Gasteiger partial charge on any atom is 0.243 e. The molecular formula is C14H23IN4O3S2. The number of guanidine groups is 1. The molecule has 1 atom stereocenters. The van der Waals surface area contributed by atoms with Crippen molar-refractivity contribution in [2.24, 2.45) is 4.99 Å². The van der Waals surface area contributed by atoms with Crippen molar-refractivity contribution in [3.05, 3.63) is 22.4 Å². The van der Waals surface area contributed by atoms with Crippen LogP contribution in [-0.4, -0.2) is 63.4 Å². The molecule has 1 aromatic heterocycles. The van der Waals surface area contributed by atoms with Gasteiger partial charge in [0.05, 0.1) is 18.1 Å². The first-order valence-electron chi connectivity index (χ1n) is 7.33. The zero-order valence-electron chi connectivity index (χ0n) is 13.7. The molecule has 1 saturated heterocycles. The minimum Gasteiger partial charge on any atom is -0.353 e. The predicted octanol–water partition coefficient (Wildman–Crippen LogP) is 0.677. The maximum absolute atomic E-state index is 11.7. The summed E-state index contributed by atoms with van der Waals surface area (Å²) in [6.45, 7) is 0.603. The Morgan fingerprint density at radius 1 is 1.46 bits per heavy atom. The fourth-order valence-electron chi connectivity index (χ4n) is 2.13. The van der Waals surface area contributed by atoms with Crippen LogP contribution in [0.5, 0.6) is 0 Å². The lowest BCUT2D eigenvalue weighted by molar-refractivity contribution is -0.127. The zero-order valence-corrected chi connectivity index (χ0v) is 17.7. The van der Waals surface area contributed by atoms with Gasteiger partial charge in [0.15, 0.2) is 15.8 Å². The van der Waals surface area contributed by atoms with Crippen LogP contribution in [0.25, 0.3) is 0 Å². The van der Waals surface area contributed by atoms with Crippen LogP contribution < -0.4 is 10.6 Å². The molecule has 0 aromatic carbocycles. The molecule has 7 nitrogen and oxygen atoms in total. The van der Waals surface area contributed by atoms with Crippen LogP contribution in [0.4, 0.5) is 0 Å². The smallest absolute Gasteiger partial charge is 0.243 e. The summed E-state index contributed by atoms with van der Waals surface area (Å²) in [5.74, 6) is 0.658. The molecule has 1 amide bonds. The summed E-state index contributed by atoms with van der Waals surface area (Å²) >= 11 is 1.62. The number of rotatable bonds is 5. The average molecular weight is 486 g/mol. The van der Waals surface area contributed by atoms with Gasteiger partial charge in [0.25, 0.3) is 0 Å². The molecule has 0 saturated carbocycles. The molecule has 2 N–H and O–H groups in total. The number of carbonyl (C=O) groups is 1. The second-order valence-electron chi connectivity index (χ2n) is 5.63. The van der Waals surface area contributed by atoms with Gasteiger partial charge in [-0.1, -0.05) is 6.07 Å². The van der Waals surface area contributed by atoms with E-state index in [1.807, 2.05) is 17.5 Å². The number of aliphatic imine (C=N–C) groups is 1. The second-order valence-corrected chi connectivity index (χ2v) is 8.89. The van der Waals surface area contributed by atoms with Crippen LogP contribution >= 0.6 is 35.3 Å². The maximum atomic E-state index is 11.7. The van der Waals surface area contributed by atoms with E-state index >= 15 is 0 Å². The number of carbonyl (C=O) groups excluding carboxylic acids is 1. The van der Waals surface area contributed by atoms with Crippen LogP contribution in [0.15, 0.2) is 22.5 Å². The number of nitrogens with zero attached hydrogens (tertiary/aromatic N) is 2. The Labute approximate surface area is 163 Å². The lowest BCUT2D eigenvalue weighted by Gasteiger charge is -2.17. The van der Waals surface area contributed by atoms with E-state index in [0.717, 1.165) is 4.88 Å². The van der Waals surface area contributed by atoms with E-state index in [1.54, 1.807) is 25.4 Å². The molecule has 10 heteroatoms. The van der Waals surface area contributed by atoms with Crippen molar-refractivity contribution in [2.45, 2.75) is 19.0 Å². The third kappa shape index (κ3) is 6.93. The Morgan fingerprint density at radius 3 is 2.75 bits per heavy atom. The Morgan fingerprint density at radius 2 is 2.21 bits per heavy atom. The van der Waals surface area contributed by atoms with Crippen molar-refractivity contribution < 1.29 is 13.2 Å². The summed E-state index contributed by atoms with van der Waals surface area (Å²) in [7, 11) is 0.386. The topological polar surface area (TPSA) is 90.9 Å². The van der Waals surface area contributed by atoms with Gasteiger partial charge in [-0.05, 0) is 17.9 Å². The summed E-state index contributed by atoms with van der Waals surface area (Å²) in [5, 5.41) is 8.26. The monoisotopic (exact) mass is 486 g/mol. The number of likely N-dealkylation sites (N-methyl/N-ethyl adjacent to an activating group) is 1. The number of thiophene rings is 1. The first kappa shape index (κ1) is 21.2. The van der Waals surface area contributed by atoms with Crippen molar-refractivity contribution in [3.8, 4) is 0 Å². The van der Waals surface area contributed by atoms with E-state index in [-0.39, 0.29) is 54.0 Å². The largest absolute Gasteiger partial charge is 0.353 e. The molecule has 0 bridgehead atoms. The van der Waals surface area contributed by atoms with Gasteiger partial charge in [0.1, 0.15) is 6.54 Å². The fraction of sp³-hybridized carbons (Fsp3) is 0.571. The molecule has 0 aliphatic carbocycles. The van der Waals surface area contributed by atoms with Crippen LogP contribution in [-0.2, 0) is 21.2 Å². The molecule has 2 heterocycles. The molecule has 24 heavy (non-hydrogen) atoms. The summed E-state index contributed by atoms with van der Waals surface area (Å²) in [4.78, 5) is 18.6. The van der Waals surface area contributed by atoms with E-state index < -0.39 is 9.84 Å². The number of hydrogen-bond acceptors (Lipinski definition) is 5. The van der Waals surface area contributed by atoms with Crippen LogP contribution in [0.1, 0.15) is 11.3 Å². The first-order valence-corrected chi connectivity index (χ1v) is 10.0. The highest BCUT2D eigenvalue weighted by molar-refractivity contribution is 14.0. The van der Waals surface area contributed by atoms with Gasteiger partial charge in [-0.15, -0.1) is 35.3 Å². The number of hydrogen-bond donors (Lipinski definition) is 2. The molecule has 136 valence electrons. The van der Waals surface area contributed by atoms with Crippen molar-refractivity contribution in [2.75, 3.05) is 32.1 Å². The third-order valence-corrected chi connectivity index (χ3v) is 6.10. The van der Waals surface area contributed by atoms with E-state index in [0.29, 0.717) is 18.9 Å². The lowest BCUT2D eigenvalue weighted by Crippen LogP contribution is -2.44. The van der Waals surface area contributed by atoms with E-state index in [9.17, 15) is 13.2 Å². The quantitative estimate of drug-likeness (QED) is 0.363. The Hall–Kier alpha value is -0.880. The fourth-order valence-corrected chi connectivity index (χ4v) is 4.44. The molecule has 1 aliphatic heterocycles. The van der Waals surface area contributed by atoms with Crippen molar-refractivity contribution in [3.63, 3.8) is 0 Å². The molecule has 0 spiro atoms. The molecule has 2 rings (SSSR count). The highest BCUT2D eigenvalue weighted by atomic mass is 127. The molecule has 1 aliphatic rings. The Kier molecular flexibility index (Phi) is 8.43. The number of amides is 1. The van der Waals surface area contributed by atoms with Crippen LogP contribution in [0.2, 0.25) is 0 Å². The molecule has 0 radical (unpaired) electrons. The zero-order chi connectivity index (χ0) is 16.9. The van der Waals surface area contributed by atoms with E-state index in [1.165, 1.54) is 4.90 Å². The van der Waals surface area contributed by atoms with Crippen LogP contribution in [0.3, 0.4) is 0 Å². The number of halogens is 1. The molecule has 1 fully saturated rings. The summed E-state index contributed by atoms with van der Waals surface area (Å²) in [6, 6.07) is 3.80. The Bertz CT molecular complexity index is 660. The first-order chi connectivity index (χ1) is 10.9. The molecule has 1 unspecified atom stereocenters. The van der Waals surface area contributed by atoms with Crippen molar-refractivity contribution in [1.29, 1.82) is 0 Å². The van der Waals surface area contributed by atoms with Gasteiger partial charge in [-0.2, -0.15) is 0 Å². The molecule has 1 aromatic rings. The number of nitrogens with one attached hydrogen (secondary N) is 2. The van der Waals surface area contributed by atoms with Crippen molar-refractivity contribution >= 4 is 57.0 Å². The minimum absolute atomic E-state index is 0. The summed E-state index contributed by atoms with van der Waals surface area (Å²) < 4.78 is 23.1. The van der Waals surface area contributed by atoms with Gasteiger partial charge in [-0.3, -0.25) is 4.79 Å². The van der Waals surface area contributed by atoms with Crippen molar-refractivity contribution in [1.82, 2.24) is 15.5 Å². The van der Waals surface area contributed by atoms with Gasteiger partial charge in [-0.25, -0.2) is 13.4 Å². The number of sulfone groups is 1. The van der Waals surface area contributed by atoms with Gasteiger partial charge in [0.2, 0.25) is 5.91 Å². The predicted molar refractivity (Wildman–Crippen MR) is 108 cm³/mol. The van der Waals surface area contributed by atoms with Gasteiger partial charge in [0, 0.05) is 25.0 Å².